The average molecular weight is 375 g/mol. The number of aryl methyl sites for hydroxylation is 1. The molecule has 1 saturated heterocycles. The molecule has 2 aromatic rings. The highest BCUT2D eigenvalue weighted by Crippen LogP contribution is 2.30. The number of benzene rings is 1. The number of nitrogens with zero attached hydrogens (tertiary/aromatic N) is 2. The number of rotatable bonds is 5. The fourth-order valence-corrected chi connectivity index (χ4v) is 2.92. The van der Waals surface area contributed by atoms with Gasteiger partial charge in [0.2, 0.25) is 5.91 Å². The van der Waals surface area contributed by atoms with Gasteiger partial charge in [0.05, 0.1) is 30.5 Å². The van der Waals surface area contributed by atoms with Crippen LogP contribution < -0.4 is 10.2 Å². The number of halogens is 2. The average Bonchev–Trinajstić information content (AvgIpc) is 3.01. The lowest BCUT2D eigenvalue weighted by Gasteiger charge is -2.14. The molecule has 1 aliphatic heterocycles. The van der Waals surface area contributed by atoms with Crippen LogP contribution in [-0.4, -0.2) is 36.2 Å². The molecule has 1 aromatic carbocycles. The van der Waals surface area contributed by atoms with E-state index < -0.39 is 23.8 Å². The molecule has 1 unspecified atom stereocenters. The molecule has 1 N–H and O–H groups in total. The van der Waals surface area contributed by atoms with Gasteiger partial charge >= 0.3 is 6.09 Å². The number of hydrogen-bond acceptors (Lipinski definition) is 4. The van der Waals surface area contributed by atoms with Gasteiger partial charge in [-0.1, -0.05) is 19.1 Å². The maximum atomic E-state index is 14.5. The number of cyclic esters (lactones) is 1. The first-order valence-electron chi connectivity index (χ1n) is 8.56. The van der Waals surface area contributed by atoms with Crippen molar-refractivity contribution in [2.75, 3.05) is 18.0 Å². The minimum absolute atomic E-state index is 0.138. The molecule has 142 valence electrons. The molecule has 2 heterocycles. The van der Waals surface area contributed by atoms with Crippen molar-refractivity contribution < 1.29 is 23.1 Å². The second-order valence-corrected chi connectivity index (χ2v) is 6.20. The zero-order valence-electron chi connectivity index (χ0n) is 15.0. The Hall–Kier alpha value is -3.03. The highest BCUT2D eigenvalue weighted by molar-refractivity contribution is 5.90. The zero-order chi connectivity index (χ0) is 19.6. The Morgan fingerprint density at radius 3 is 2.67 bits per heavy atom. The van der Waals surface area contributed by atoms with Crippen molar-refractivity contribution in [3.8, 4) is 11.1 Å². The summed E-state index contributed by atoms with van der Waals surface area (Å²) < 4.78 is 33.8. The number of carbonyl (C=O) groups is 2. The van der Waals surface area contributed by atoms with Crippen LogP contribution in [0.3, 0.4) is 0 Å². The molecule has 1 atom stereocenters. The van der Waals surface area contributed by atoms with Gasteiger partial charge in [-0.15, -0.1) is 0 Å². The number of amides is 2. The topological polar surface area (TPSA) is 71.5 Å². The largest absolute Gasteiger partial charge is 0.442 e. The van der Waals surface area contributed by atoms with E-state index >= 15 is 0 Å². The third-order valence-corrected chi connectivity index (χ3v) is 4.30. The number of pyridine rings is 1. The quantitative estimate of drug-likeness (QED) is 0.872. The second-order valence-electron chi connectivity index (χ2n) is 6.20. The fourth-order valence-electron chi connectivity index (χ4n) is 2.92. The highest BCUT2D eigenvalue weighted by Gasteiger charge is 2.32. The number of anilines is 1. The standard InChI is InChI=1S/C19H19F2N3O3/c1-3-16-18(21)17(15(20)9-23-16)12-4-6-13(7-5-12)24-10-14(27-19(24)26)8-22-11(2)25/h4-7,9,14H,3,8,10H2,1-2H3,(H,22,25). The van der Waals surface area contributed by atoms with Gasteiger partial charge in [-0.2, -0.15) is 0 Å². The number of hydrogen-bond donors (Lipinski definition) is 1. The molecule has 8 heteroatoms. The Morgan fingerprint density at radius 1 is 1.33 bits per heavy atom. The number of carbonyl (C=O) groups excluding carboxylic acids is 2. The maximum absolute atomic E-state index is 14.5. The molecular weight excluding hydrogens is 356 g/mol. The summed E-state index contributed by atoms with van der Waals surface area (Å²) in [6, 6.07) is 6.29. The maximum Gasteiger partial charge on any atom is 0.414 e. The van der Waals surface area contributed by atoms with Crippen LogP contribution in [-0.2, 0) is 16.0 Å². The summed E-state index contributed by atoms with van der Waals surface area (Å²) in [6.07, 6.45) is 0.373. The second kappa shape index (κ2) is 7.69. The lowest BCUT2D eigenvalue weighted by molar-refractivity contribution is -0.119. The fraction of sp³-hybridized carbons (Fsp3) is 0.316. The number of ether oxygens (including phenoxy) is 1. The lowest BCUT2D eigenvalue weighted by atomic mass is 10.0. The number of nitrogens with one attached hydrogen (secondary N) is 1. The lowest BCUT2D eigenvalue weighted by Crippen LogP contribution is -2.33. The van der Waals surface area contributed by atoms with Gasteiger partial charge in [-0.25, -0.2) is 13.6 Å². The molecule has 0 aliphatic carbocycles. The van der Waals surface area contributed by atoms with Crippen molar-refractivity contribution in [2.45, 2.75) is 26.4 Å². The summed E-state index contributed by atoms with van der Waals surface area (Å²) in [7, 11) is 0. The molecule has 0 radical (unpaired) electrons. The molecule has 2 amide bonds. The van der Waals surface area contributed by atoms with E-state index in [0.717, 1.165) is 6.20 Å². The Bertz CT molecular complexity index is 871. The van der Waals surface area contributed by atoms with E-state index in [1.807, 2.05) is 0 Å². The molecule has 0 bridgehead atoms. The van der Waals surface area contributed by atoms with Gasteiger partial charge in [-0.3, -0.25) is 14.7 Å². The van der Waals surface area contributed by atoms with Crippen LogP contribution in [0.4, 0.5) is 19.3 Å². The van der Waals surface area contributed by atoms with E-state index in [0.29, 0.717) is 17.7 Å². The first-order valence-corrected chi connectivity index (χ1v) is 8.56. The van der Waals surface area contributed by atoms with Gasteiger partial charge in [0.1, 0.15) is 6.10 Å². The van der Waals surface area contributed by atoms with Crippen molar-refractivity contribution in [1.82, 2.24) is 10.3 Å². The minimum atomic E-state index is -0.742. The van der Waals surface area contributed by atoms with Gasteiger partial charge in [0.15, 0.2) is 11.6 Å². The molecule has 0 spiro atoms. The first-order chi connectivity index (χ1) is 12.9. The van der Waals surface area contributed by atoms with E-state index in [1.54, 1.807) is 31.2 Å². The Kier molecular flexibility index (Phi) is 5.34. The Morgan fingerprint density at radius 2 is 2.04 bits per heavy atom. The molecule has 1 aliphatic rings. The van der Waals surface area contributed by atoms with Crippen LogP contribution >= 0.6 is 0 Å². The monoisotopic (exact) mass is 375 g/mol. The highest BCUT2D eigenvalue weighted by atomic mass is 19.1. The third-order valence-electron chi connectivity index (χ3n) is 4.30. The van der Waals surface area contributed by atoms with Crippen molar-refractivity contribution >= 4 is 17.7 Å². The van der Waals surface area contributed by atoms with E-state index in [9.17, 15) is 18.4 Å². The molecule has 0 saturated carbocycles. The summed E-state index contributed by atoms with van der Waals surface area (Å²) in [5.74, 6) is -1.63. The van der Waals surface area contributed by atoms with Gasteiger partial charge < -0.3 is 10.1 Å². The van der Waals surface area contributed by atoms with Crippen molar-refractivity contribution in [3.05, 3.63) is 47.8 Å². The van der Waals surface area contributed by atoms with Crippen molar-refractivity contribution in [3.63, 3.8) is 0 Å². The predicted molar refractivity (Wildman–Crippen MR) is 95.3 cm³/mol. The van der Waals surface area contributed by atoms with Crippen molar-refractivity contribution in [1.29, 1.82) is 0 Å². The molecule has 1 fully saturated rings. The van der Waals surface area contributed by atoms with E-state index in [-0.39, 0.29) is 30.3 Å². The summed E-state index contributed by atoms with van der Waals surface area (Å²) in [5, 5.41) is 2.60. The van der Waals surface area contributed by atoms with Crippen molar-refractivity contribution in [2.24, 2.45) is 0 Å². The van der Waals surface area contributed by atoms with Gasteiger partial charge in [0.25, 0.3) is 0 Å². The third kappa shape index (κ3) is 3.89. The zero-order valence-corrected chi connectivity index (χ0v) is 15.0. The van der Waals surface area contributed by atoms with Gasteiger partial charge in [-0.05, 0) is 24.1 Å². The summed E-state index contributed by atoms with van der Waals surface area (Å²) >= 11 is 0. The summed E-state index contributed by atoms with van der Waals surface area (Å²) in [5.41, 5.74) is 0.952. The molecule has 1 aromatic heterocycles. The van der Waals surface area contributed by atoms with Crippen LogP contribution in [0, 0.1) is 11.6 Å². The Labute approximate surface area is 155 Å². The van der Waals surface area contributed by atoms with Crippen LogP contribution in [0.1, 0.15) is 19.5 Å². The van der Waals surface area contributed by atoms with Crippen LogP contribution in [0.5, 0.6) is 0 Å². The van der Waals surface area contributed by atoms with E-state index in [2.05, 4.69) is 10.3 Å². The van der Waals surface area contributed by atoms with Crippen LogP contribution in [0.25, 0.3) is 11.1 Å². The van der Waals surface area contributed by atoms with Gasteiger partial charge in [0, 0.05) is 12.6 Å². The summed E-state index contributed by atoms with van der Waals surface area (Å²) in [4.78, 5) is 28.2. The SMILES string of the molecule is CCc1ncc(F)c(-c2ccc(N3CC(CNC(C)=O)OC3=O)cc2)c1F. The van der Waals surface area contributed by atoms with Crippen LogP contribution in [0.2, 0.25) is 0 Å². The molecule has 6 nitrogen and oxygen atoms in total. The van der Waals surface area contributed by atoms with E-state index in [1.165, 1.54) is 11.8 Å². The molecule has 3 rings (SSSR count). The molecular formula is C19H19F2N3O3. The Balaban J connectivity index is 1.80. The smallest absolute Gasteiger partial charge is 0.414 e. The van der Waals surface area contributed by atoms with E-state index in [4.69, 9.17) is 4.74 Å². The van der Waals surface area contributed by atoms with Crippen LogP contribution in [0.15, 0.2) is 30.5 Å². The summed E-state index contributed by atoms with van der Waals surface area (Å²) in [6.45, 7) is 3.63. The normalized spacial score (nSPS) is 16.4. The predicted octanol–water partition coefficient (Wildman–Crippen LogP) is 3.05. The molecule has 27 heavy (non-hydrogen) atoms. The first kappa shape index (κ1) is 18.8. The minimum Gasteiger partial charge on any atom is -0.442 e. The number of aromatic nitrogens is 1.